The molecule has 2 aromatic rings. The molecule has 1 aromatic heterocycles. The van der Waals surface area contributed by atoms with E-state index in [2.05, 4.69) is 23.9 Å². The van der Waals surface area contributed by atoms with Gasteiger partial charge in [-0.25, -0.2) is 9.67 Å². The van der Waals surface area contributed by atoms with Crippen LogP contribution in [0.25, 0.3) is 0 Å². The molecule has 0 N–H and O–H groups in total. The minimum absolute atomic E-state index is 0.0512. The summed E-state index contributed by atoms with van der Waals surface area (Å²) in [5, 5.41) is 12.5. The zero-order valence-electron chi connectivity index (χ0n) is 10.9. The van der Waals surface area contributed by atoms with E-state index in [1.807, 2.05) is 30.3 Å². The van der Waals surface area contributed by atoms with E-state index in [0.717, 1.165) is 0 Å². The van der Waals surface area contributed by atoms with Crippen LogP contribution in [-0.4, -0.2) is 20.5 Å². The molecule has 1 aromatic carbocycles. The lowest BCUT2D eigenvalue weighted by molar-refractivity contribution is 0.0967. The molecule has 0 radical (unpaired) electrons. The highest BCUT2D eigenvalue weighted by molar-refractivity contribution is 5.95. The van der Waals surface area contributed by atoms with Gasteiger partial charge in [-0.3, -0.25) is 4.79 Å². The van der Waals surface area contributed by atoms with E-state index < -0.39 is 0 Å². The van der Waals surface area contributed by atoms with Crippen LogP contribution in [0.5, 0.6) is 0 Å². The van der Waals surface area contributed by atoms with Crippen LogP contribution in [-0.2, 0) is 6.54 Å². The number of ketones is 1. The van der Waals surface area contributed by atoms with Gasteiger partial charge in [-0.15, -0.1) is 5.10 Å². The number of benzene rings is 1. The van der Waals surface area contributed by atoms with Crippen molar-refractivity contribution in [2.75, 3.05) is 0 Å². The largest absolute Gasteiger partial charge is 0.292 e. The quantitative estimate of drug-likeness (QED) is 0.784. The van der Waals surface area contributed by atoms with Crippen LogP contribution in [0, 0.1) is 11.3 Å². The summed E-state index contributed by atoms with van der Waals surface area (Å²) >= 11 is 0. The Kier molecular flexibility index (Phi) is 3.71. The standard InChI is InChI=1S/C14H14N4O/c1-10(2)11-3-5-12(6-4-11)13(19)8-18-9-16-14(7-15)17-18/h3-6,9-10H,8H2,1-2H3. The molecule has 0 saturated carbocycles. The Balaban J connectivity index is 2.09. The fourth-order valence-electron chi connectivity index (χ4n) is 1.71. The van der Waals surface area contributed by atoms with Gasteiger partial charge in [0.05, 0.1) is 0 Å². The highest BCUT2D eigenvalue weighted by atomic mass is 16.1. The zero-order valence-corrected chi connectivity index (χ0v) is 10.9. The molecule has 0 amide bonds. The third-order valence-electron chi connectivity index (χ3n) is 2.84. The van der Waals surface area contributed by atoms with Gasteiger partial charge in [0, 0.05) is 5.56 Å². The highest BCUT2D eigenvalue weighted by Crippen LogP contribution is 2.15. The van der Waals surface area contributed by atoms with Crippen molar-refractivity contribution >= 4 is 5.78 Å². The van der Waals surface area contributed by atoms with Gasteiger partial charge in [0.1, 0.15) is 18.9 Å². The van der Waals surface area contributed by atoms with E-state index in [1.54, 1.807) is 0 Å². The second-order valence-electron chi connectivity index (χ2n) is 4.58. The fraction of sp³-hybridized carbons (Fsp3) is 0.286. The Morgan fingerprint density at radius 3 is 2.58 bits per heavy atom. The van der Waals surface area contributed by atoms with Crippen molar-refractivity contribution in [1.29, 1.82) is 5.26 Å². The predicted molar refractivity (Wildman–Crippen MR) is 69.6 cm³/mol. The fourth-order valence-corrected chi connectivity index (χ4v) is 1.71. The molecule has 5 heteroatoms. The maximum absolute atomic E-state index is 12.0. The van der Waals surface area contributed by atoms with Crippen molar-refractivity contribution in [3.8, 4) is 6.07 Å². The number of nitriles is 1. The minimum Gasteiger partial charge on any atom is -0.292 e. The van der Waals surface area contributed by atoms with Crippen LogP contribution >= 0.6 is 0 Å². The van der Waals surface area contributed by atoms with Gasteiger partial charge in [0.2, 0.25) is 0 Å². The third-order valence-corrected chi connectivity index (χ3v) is 2.84. The molecule has 0 bridgehead atoms. The molecular formula is C14H14N4O. The first-order valence-electron chi connectivity index (χ1n) is 6.03. The summed E-state index contributed by atoms with van der Waals surface area (Å²) in [4.78, 5) is 15.8. The smallest absolute Gasteiger partial charge is 0.252 e. The monoisotopic (exact) mass is 254 g/mol. The van der Waals surface area contributed by atoms with Gasteiger partial charge in [0.25, 0.3) is 5.82 Å². The maximum Gasteiger partial charge on any atom is 0.252 e. The van der Waals surface area contributed by atoms with Gasteiger partial charge in [0.15, 0.2) is 5.78 Å². The minimum atomic E-state index is -0.0512. The molecule has 0 aliphatic rings. The number of rotatable bonds is 4. The van der Waals surface area contributed by atoms with E-state index in [-0.39, 0.29) is 18.2 Å². The van der Waals surface area contributed by atoms with Crippen LogP contribution in [0.2, 0.25) is 0 Å². The molecule has 1 heterocycles. The van der Waals surface area contributed by atoms with Crippen LogP contribution in [0.15, 0.2) is 30.6 Å². The Labute approximate surface area is 111 Å². The average molecular weight is 254 g/mol. The van der Waals surface area contributed by atoms with Crippen molar-refractivity contribution in [2.45, 2.75) is 26.3 Å². The van der Waals surface area contributed by atoms with E-state index >= 15 is 0 Å². The van der Waals surface area contributed by atoms with Crippen molar-refractivity contribution < 1.29 is 4.79 Å². The normalized spacial score (nSPS) is 10.4. The molecule has 19 heavy (non-hydrogen) atoms. The average Bonchev–Trinajstić information content (AvgIpc) is 2.86. The molecule has 2 rings (SSSR count). The van der Waals surface area contributed by atoms with Crippen molar-refractivity contribution in [1.82, 2.24) is 14.8 Å². The van der Waals surface area contributed by atoms with Crippen LogP contribution in [0.3, 0.4) is 0 Å². The number of carbonyl (C=O) groups is 1. The third kappa shape index (κ3) is 3.05. The van der Waals surface area contributed by atoms with Gasteiger partial charge in [-0.2, -0.15) is 5.26 Å². The van der Waals surface area contributed by atoms with Crippen molar-refractivity contribution in [3.63, 3.8) is 0 Å². The summed E-state index contributed by atoms with van der Waals surface area (Å²) in [7, 11) is 0. The summed E-state index contributed by atoms with van der Waals surface area (Å²) in [6.07, 6.45) is 1.39. The van der Waals surface area contributed by atoms with E-state index in [9.17, 15) is 4.79 Å². The first kappa shape index (κ1) is 13.0. The Hall–Kier alpha value is -2.48. The SMILES string of the molecule is CC(C)c1ccc(C(=O)Cn2cnc(C#N)n2)cc1. The Morgan fingerprint density at radius 1 is 1.37 bits per heavy atom. The van der Waals surface area contributed by atoms with E-state index in [1.165, 1.54) is 16.6 Å². The lowest BCUT2D eigenvalue weighted by atomic mass is 10.0. The van der Waals surface area contributed by atoms with Gasteiger partial charge < -0.3 is 0 Å². The number of aromatic nitrogens is 3. The topological polar surface area (TPSA) is 71.6 Å². The molecule has 5 nitrogen and oxygen atoms in total. The number of carbonyl (C=O) groups excluding carboxylic acids is 1. The second-order valence-corrected chi connectivity index (χ2v) is 4.58. The molecular weight excluding hydrogens is 240 g/mol. The zero-order chi connectivity index (χ0) is 13.8. The first-order valence-corrected chi connectivity index (χ1v) is 6.03. The Morgan fingerprint density at radius 2 is 2.05 bits per heavy atom. The van der Waals surface area contributed by atoms with Crippen LogP contribution < -0.4 is 0 Å². The van der Waals surface area contributed by atoms with Crippen molar-refractivity contribution in [3.05, 3.63) is 47.5 Å². The molecule has 0 unspecified atom stereocenters. The summed E-state index contributed by atoms with van der Waals surface area (Å²) in [6, 6.07) is 9.38. The van der Waals surface area contributed by atoms with Crippen molar-refractivity contribution in [2.24, 2.45) is 0 Å². The second kappa shape index (κ2) is 5.44. The predicted octanol–water partition coefficient (Wildman–Crippen LogP) is 2.16. The first-order chi connectivity index (χ1) is 9.10. The molecule has 0 aliphatic heterocycles. The molecule has 96 valence electrons. The number of hydrogen-bond donors (Lipinski definition) is 0. The van der Waals surface area contributed by atoms with Gasteiger partial charge in [-0.05, 0) is 11.5 Å². The summed E-state index contributed by atoms with van der Waals surface area (Å²) in [5.74, 6) is 0.463. The maximum atomic E-state index is 12.0. The van der Waals surface area contributed by atoms with Crippen LogP contribution in [0.4, 0.5) is 0 Å². The van der Waals surface area contributed by atoms with E-state index in [4.69, 9.17) is 5.26 Å². The van der Waals surface area contributed by atoms with E-state index in [0.29, 0.717) is 11.5 Å². The molecule has 0 fully saturated rings. The number of nitrogens with zero attached hydrogens (tertiary/aromatic N) is 4. The summed E-state index contributed by atoms with van der Waals surface area (Å²) < 4.78 is 1.37. The number of hydrogen-bond acceptors (Lipinski definition) is 4. The highest BCUT2D eigenvalue weighted by Gasteiger charge is 2.09. The lowest BCUT2D eigenvalue weighted by Gasteiger charge is -2.06. The number of Topliss-reactive ketones (excluding diaryl/α,β-unsaturated/α-hetero) is 1. The molecule has 0 spiro atoms. The lowest BCUT2D eigenvalue weighted by Crippen LogP contribution is -2.11. The van der Waals surface area contributed by atoms with Crippen LogP contribution in [0.1, 0.15) is 41.5 Å². The molecule has 0 saturated heterocycles. The molecule has 0 atom stereocenters. The van der Waals surface area contributed by atoms with Gasteiger partial charge in [-0.1, -0.05) is 38.1 Å². The summed E-state index contributed by atoms with van der Waals surface area (Å²) in [5.41, 5.74) is 1.84. The van der Waals surface area contributed by atoms with Gasteiger partial charge >= 0.3 is 0 Å². The molecule has 0 aliphatic carbocycles. The Bertz CT molecular complexity index is 620. The summed E-state index contributed by atoms with van der Waals surface area (Å²) in [6.45, 7) is 4.31.